The number of fused-ring (bicyclic) bond motifs is 3. The van der Waals surface area contributed by atoms with Crippen LogP contribution in [-0.2, 0) is 11.3 Å². The molecule has 0 saturated carbocycles. The van der Waals surface area contributed by atoms with Gasteiger partial charge in [-0.25, -0.2) is 4.79 Å². The highest BCUT2D eigenvalue weighted by atomic mass is 35.5. The summed E-state index contributed by atoms with van der Waals surface area (Å²) in [6, 6.07) is 14.5. The molecule has 3 saturated heterocycles. The molecule has 9 heteroatoms. The molecule has 3 unspecified atom stereocenters. The summed E-state index contributed by atoms with van der Waals surface area (Å²) in [5, 5.41) is 4.13. The van der Waals surface area contributed by atoms with Crippen LogP contribution in [0.4, 0.5) is 10.5 Å². The van der Waals surface area contributed by atoms with Crippen LogP contribution >= 0.6 is 11.6 Å². The number of rotatable bonds is 5. The van der Waals surface area contributed by atoms with Crippen LogP contribution in [0.2, 0.25) is 5.02 Å². The third-order valence-corrected chi connectivity index (χ3v) is 6.81. The molecule has 0 radical (unpaired) electrons. The Kier molecular flexibility index (Phi) is 5.90. The highest BCUT2D eigenvalue weighted by Gasteiger charge is 2.56. The van der Waals surface area contributed by atoms with Crippen LogP contribution in [0.3, 0.4) is 0 Å². The Morgan fingerprint density at radius 3 is 2.64 bits per heavy atom. The highest BCUT2D eigenvalue weighted by molar-refractivity contribution is 6.30. The quantitative estimate of drug-likeness (QED) is 0.726. The maximum absolute atomic E-state index is 13.6. The standard InChI is InChI=1S/C24H28ClN5O3/c1-3-33-19-10-8-18(9-11-19)28-12-5-13-29-20-21(26-23(28)29)27(2)24(32)30(22(20)31)15-16-6-4-7-17(25)14-16/h4,6-11,14,20-21,23,26H,3,5,12-13,15H2,1-2H3. The number of ether oxygens (including phenoxy) is 1. The lowest BCUT2D eigenvalue weighted by Gasteiger charge is -2.44. The van der Waals surface area contributed by atoms with Crippen molar-refractivity contribution in [3.63, 3.8) is 0 Å². The summed E-state index contributed by atoms with van der Waals surface area (Å²) < 4.78 is 5.57. The third-order valence-electron chi connectivity index (χ3n) is 6.58. The normalized spacial score (nSPS) is 25.3. The van der Waals surface area contributed by atoms with Crippen molar-refractivity contribution in [1.82, 2.24) is 20.0 Å². The molecule has 2 aromatic rings. The zero-order chi connectivity index (χ0) is 23.1. The first kappa shape index (κ1) is 22.0. The Balaban J connectivity index is 1.40. The SMILES string of the molecule is CCOc1ccc(N2CCCN3C4C(=O)N(Cc5cccc(Cl)c5)C(=O)N(C)C4NC23)cc1. The molecular weight excluding hydrogens is 442 g/mol. The number of hydrogen-bond acceptors (Lipinski definition) is 6. The van der Waals surface area contributed by atoms with Gasteiger partial charge < -0.3 is 14.5 Å². The molecule has 0 bridgehead atoms. The first-order valence-corrected chi connectivity index (χ1v) is 11.7. The summed E-state index contributed by atoms with van der Waals surface area (Å²) in [4.78, 5) is 34.2. The molecule has 0 spiro atoms. The average molecular weight is 470 g/mol. The first-order valence-electron chi connectivity index (χ1n) is 11.3. The summed E-state index contributed by atoms with van der Waals surface area (Å²) in [7, 11) is 1.75. The van der Waals surface area contributed by atoms with Crippen molar-refractivity contribution in [1.29, 1.82) is 0 Å². The molecule has 3 heterocycles. The molecule has 5 rings (SSSR count). The maximum atomic E-state index is 13.6. The summed E-state index contributed by atoms with van der Waals surface area (Å²) in [5.41, 5.74) is 1.88. The van der Waals surface area contributed by atoms with Crippen molar-refractivity contribution >= 4 is 29.2 Å². The molecular formula is C24H28ClN5O3. The van der Waals surface area contributed by atoms with E-state index in [9.17, 15) is 9.59 Å². The lowest BCUT2D eigenvalue weighted by atomic mass is 10.1. The van der Waals surface area contributed by atoms with Gasteiger partial charge in [-0.05, 0) is 55.3 Å². The average Bonchev–Trinajstić information content (AvgIpc) is 3.21. The summed E-state index contributed by atoms with van der Waals surface area (Å²) >= 11 is 6.12. The van der Waals surface area contributed by atoms with Crippen molar-refractivity contribution < 1.29 is 14.3 Å². The molecule has 8 nitrogen and oxygen atoms in total. The number of benzene rings is 2. The van der Waals surface area contributed by atoms with E-state index < -0.39 is 6.04 Å². The van der Waals surface area contributed by atoms with Gasteiger partial charge in [0.25, 0.3) is 5.91 Å². The van der Waals surface area contributed by atoms with E-state index in [0.29, 0.717) is 11.6 Å². The van der Waals surface area contributed by atoms with E-state index in [4.69, 9.17) is 16.3 Å². The van der Waals surface area contributed by atoms with Gasteiger partial charge in [-0.15, -0.1) is 0 Å². The Hall–Kier alpha value is -2.81. The van der Waals surface area contributed by atoms with Gasteiger partial charge in [-0.3, -0.25) is 19.9 Å². The minimum absolute atomic E-state index is 0.169. The largest absolute Gasteiger partial charge is 0.494 e. The van der Waals surface area contributed by atoms with Gasteiger partial charge in [-0.1, -0.05) is 23.7 Å². The second-order valence-electron chi connectivity index (χ2n) is 8.59. The van der Waals surface area contributed by atoms with Crippen molar-refractivity contribution in [2.45, 2.75) is 38.4 Å². The van der Waals surface area contributed by atoms with Gasteiger partial charge in [0.1, 0.15) is 24.2 Å². The molecule has 33 heavy (non-hydrogen) atoms. The number of urea groups is 1. The lowest BCUT2D eigenvalue weighted by molar-refractivity contribution is -0.139. The number of amides is 3. The van der Waals surface area contributed by atoms with Crippen LogP contribution in [0.5, 0.6) is 5.75 Å². The van der Waals surface area contributed by atoms with Crippen molar-refractivity contribution in [3.05, 3.63) is 59.1 Å². The minimum Gasteiger partial charge on any atom is -0.494 e. The van der Waals surface area contributed by atoms with Crippen LogP contribution in [0.1, 0.15) is 18.9 Å². The fourth-order valence-corrected chi connectivity index (χ4v) is 5.26. The van der Waals surface area contributed by atoms with E-state index in [2.05, 4.69) is 15.1 Å². The predicted octanol–water partition coefficient (Wildman–Crippen LogP) is 2.93. The fourth-order valence-electron chi connectivity index (χ4n) is 5.05. The van der Waals surface area contributed by atoms with E-state index in [1.54, 1.807) is 24.1 Å². The second kappa shape index (κ2) is 8.85. The van der Waals surface area contributed by atoms with Crippen LogP contribution in [0, 0.1) is 0 Å². The van der Waals surface area contributed by atoms with E-state index in [1.807, 2.05) is 43.3 Å². The number of imide groups is 1. The molecule has 3 aliphatic rings. The third kappa shape index (κ3) is 3.92. The number of hydrogen-bond donors (Lipinski definition) is 1. The van der Waals surface area contributed by atoms with Gasteiger partial charge in [-0.2, -0.15) is 0 Å². The molecule has 3 aliphatic heterocycles. The molecule has 0 aliphatic carbocycles. The fraction of sp³-hybridized carbons (Fsp3) is 0.417. The number of likely N-dealkylation sites (N-methyl/N-ethyl adjacent to an activating group) is 1. The number of halogens is 1. The van der Waals surface area contributed by atoms with Crippen LogP contribution in [0.25, 0.3) is 0 Å². The van der Waals surface area contributed by atoms with Crippen LogP contribution in [-0.4, -0.2) is 71.9 Å². The van der Waals surface area contributed by atoms with Crippen molar-refractivity contribution in [2.24, 2.45) is 0 Å². The van der Waals surface area contributed by atoms with E-state index in [-0.39, 0.29) is 30.9 Å². The van der Waals surface area contributed by atoms with Gasteiger partial charge in [0, 0.05) is 30.8 Å². The predicted molar refractivity (Wildman–Crippen MR) is 126 cm³/mol. The topological polar surface area (TPSA) is 68.4 Å². The highest BCUT2D eigenvalue weighted by Crippen LogP contribution is 2.34. The number of nitrogens with zero attached hydrogens (tertiary/aromatic N) is 4. The second-order valence-corrected chi connectivity index (χ2v) is 9.03. The van der Waals surface area contributed by atoms with Gasteiger partial charge in [0.15, 0.2) is 0 Å². The number of carbonyl (C=O) groups is 2. The summed E-state index contributed by atoms with van der Waals surface area (Å²) in [5.74, 6) is 0.659. The number of anilines is 1. The molecule has 3 fully saturated rings. The van der Waals surface area contributed by atoms with Crippen LogP contribution < -0.4 is 15.0 Å². The van der Waals surface area contributed by atoms with E-state index in [1.165, 1.54) is 4.90 Å². The zero-order valence-electron chi connectivity index (χ0n) is 18.8. The molecule has 3 amide bonds. The molecule has 174 valence electrons. The Morgan fingerprint density at radius 2 is 1.91 bits per heavy atom. The zero-order valence-corrected chi connectivity index (χ0v) is 19.5. The monoisotopic (exact) mass is 469 g/mol. The number of carbonyl (C=O) groups excluding carboxylic acids is 2. The molecule has 2 aromatic carbocycles. The smallest absolute Gasteiger partial charge is 0.328 e. The van der Waals surface area contributed by atoms with Gasteiger partial charge in [0.2, 0.25) is 0 Å². The van der Waals surface area contributed by atoms with Crippen molar-refractivity contribution in [3.8, 4) is 5.75 Å². The van der Waals surface area contributed by atoms with Crippen LogP contribution in [0.15, 0.2) is 48.5 Å². The Bertz CT molecular complexity index is 1050. The van der Waals surface area contributed by atoms with E-state index in [0.717, 1.165) is 36.5 Å². The lowest BCUT2D eigenvalue weighted by Crippen LogP contribution is -2.66. The van der Waals surface area contributed by atoms with Crippen molar-refractivity contribution in [2.75, 3.05) is 31.6 Å². The maximum Gasteiger partial charge on any atom is 0.328 e. The van der Waals surface area contributed by atoms with Gasteiger partial charge >= 0.3 is 6.03 Å². The Morgan fingerprint density at radius 1 is 1.12 bits per heavy atom. The summed E-state index contributed by atoms with van der Waals surface area (Å²) in [6.45, 7) is 4.43. The summed E-state index contributed by atoms with van der Waals surface area (Å²) in [6.07, 6.45) is 0.374. The van der Waals surface area contributed by atoms with Gasteiger partial charge in [0.05, 0.1) is 13.2 Å². The molecule has 3 atom stereocenters. The Labute approximate surface area is 198 Å². The first-order chi connectivity index (χ1) is 16.0. The number of nitrogens with one attached hydrogen (secondary N) is 1. The molecule has 0 aromatic heterocycles. The van der Waals surface area contributed by atoms with E-state index >= 15 is 0 Å². The molecule has 1 N–H and O–H groups in total. The minimum atomic E-state index is -0.442.